The minimum atomic E-state index is -3.82. The van der Waals surface area contributed by atoms with E-state index in [-0.39, 0.29) is 27.9 Å². The van der Waals surface area contributed by atoms with Crippen LogP contribution in [-0.2, 0) is 26.6 Å². The Bertz CT molecular complexity index is 1460. The number of thiophene rings is 1. The summed E-state index contributed by atoms with van der Waals surface area (Å²) in [6.07, 6.45) is 3.87. The summed E-state index contributed by atoms with van der Waals surface area (Å²) in [6.45, 7) is 6.71. The van der Waals surface area contributed by atoms with Crippen LogP contribution in [0.25, 0.3) is 11.1 Å². The van der Waals surface area contributed by atoms with Crippen molar-refractivity contribution in [2.75, 3.05) is 23.4 Å². The predicted octanol–water partition coefficient (Wildman–Crippen LogP) is 4.76. The summed E-state index contributed by atoms with van der Waals surface area (Å²) in [5, 5.41) is 18.4. The lowest BCUT2D eigenvalue weighted by atomic mass is 9.92. The Labute approximate surface area is 216 Å². The Kier molecular flexibility index (Phi) is 7.30. The molecule has 1 aliphatic rings. The Morgan fingerprint density at radius 2 is 2.06 bits per heavy atom. The Morgan fingerprint density at radius 1 is 1.31 bits per heavy atom. The number of benzene rings is 1. The second-order valence-corrected chi connectivity index (χ2v) is 13.6. The maximum Gasteiger partial charge on any atom is 0.348 e. The molecule has 2 atom stereocenters. The van der Waals surface area contributed by atoms with Crippen LogP contribution >= 0.6 is 18.9 Å². The van der Waals surface area contributed by atoms with Crippen molar-refractivity contribution < 1.29 is 18.4 Å². The van der Waals surface area contributed by atoms with Crippen LogP contribution in [-0.4, -0.2) is 33.1 Å². The maximum atomic E-state index is 13.8. The largest absolute Gasteiger partial charge is 0.506 e. The minimum Gasteiger partial charge on any atom is -0.506 e. The van der Waals surface area contributed by atoms with Crippen LogP contribution in [0.2, 0.25) is 0 Å². The molecule has 0 saturated heterocycles. The summed E-state index contributed by atoms with van der Waals surface area (Å²) < 4.78 is 39.4. The molecule has 3 heterocycles. The van der Waals surface area contributed by atoms with Crippen molar-refractivity contribution in [3.63, 3.8) is 0 Å². The summed E-state index contributed by atoms with van der Waals surface area (Å²) >= 11 is 1.48. The molecule has 0 fully saturated rings. The molecular formula is C24H29N4O5PS2. The number of nitrogens with one attached hydrogen (secondary N) is 2. The molecule has 0 spiro atoms. The third-order valence-corrected chi connectivity index (χ3v) is 8.86. The first-order valence-electron chi connectivity index (χ1n) is 11.2. The van der Waals surface area contributed by atoms with E-state index in [9.17, 15) is 18.7 Å². The fraction of sp³-hybridized carbons (Fsp3) is 0.333. The molecular weight excluding hydrogens is 519 g/mol. The van der Waals surface area contributed by atoms with Gasteiger partial charge in [0, 0.05) is 37.4 Å². The van der Waals surface area contributed by atoms with Crippen molar-refractivity contribution in [2.24, 2.45) is 10.2 Å². The van der Waals surface area contributed by atoms with Crippen LogP contribution in [0.1, 0.15) is 32.8 Å². The van der Waals surface area contributed by atoms with Gasteiger partial charge in [-0.2, -0.15) is 16.1 Å². The number of anilines is 2. The molecule has 1 aliphatic heterocycles. The number of rotatable bonds is 7. The number of aromatic nitrogens is 1. The average Bonchev–Trinajstić information content (AvgIpc) is 3.33. The van der Waals surface area contributed by atoms with E-state index in [4.69, 9.17) is 4.52 Å². The van der Waals surface area contributed by atoms with Gasteiger partial charge in [-0.05, 0) is 52.4 Å². The molecule has 3 aromatic rings. The fourth-order valence-electron chi connectivity index (χ4n) is 3.81. The molecule has 12 heteroatoms. The van der Waals surface area contributed by atoms with Crippen LogP contribution in [0, 0.1) is 5.41 Å². The van der Waals surface area contributed by atoms with Crippen molar-refractivity contribution in [2.45, 2.75) is 33.7 Å². The number of fused-ring (bicyclic) bond motifs is 1. The summed E-state index contributed by atoms with van der Waals surface area (Å²) in [6, 6.07) is 6.72. The standard InChI is InChI=1S/C24H29N4O5PS2/c1-24(2,3)9-10-28-13-17(15-8-11-35-14-15)21(29)20(23(28)30)22-25-18-7-6-16(27-36(5)32)12-19(18)34(31,26-22)33-4/h6-8,11-14,27,29H,9-10H2,1-5H3,(H,25,26,31). The highest BCUT2D eigenvalue weighted by Gasteiger charge is 2.35. The van der Waals surface area contributed by atoms with E-state index in [0.717, 1.165) is 12.0 Å². The van der Waals surface area contributed by atoms with Crippen molar-refractivity contribution in [1.29, 1.82) is 0 Å². The van der Waals surface area contributed by atoms with E-state index in [1.807, 2.05) is 16.8 Å². The first kappa shape index (κ1) is 26.3. The van der Waals surface area contributed by atoms with Crippen LogP contribution < -0.4 is 20.9 Å². The molecule has 0 bridgehead atoms. The summed E-state index contributed by atoms with van der Waals surface area (Å²) in [5.74, 6) is -0.279. The van der Waals surface area contributed by atoms with Crippen LogP contribution in [0.5, 0.6) is 5.75 Å². The minimum absolute atomic E-state index is 0.0146. The van der Waals surface area contributed by atoms with Gasteiger partial charge in [-0.1, -0.05) is 20.8 Å². The van der Waals surface area contributed by atoms with Crippen LogP contribution in [0.3, 0.4) is 0 Å². The SMILES string of the molecule is COP1(=O)N=C(c2c(O)c(-c3ccsc3)cn(CCC(C)(C)C)c2=O)Nc2ccc(NS(C)=O)cc21. The summed E-state index contributed by atoms with van der Waals surface area (Å²) in [5.41, 5.74) is 1.60. The molecule has 0 radical (unpaired) electrons. The topological polar surface area (TPSA) is 122 Å². The first-order valence-corrected chi connectivity index (χ1v) is 15.3. The van der Waals surface area contributed by atoms with E-state index < -0.39 is 24.1 Å². The lowest BCUT2D eigenvalue weighted by Crippen LogP contribution is -2.34. The molecule has 4 rings (SSSR count). The molecule has 9 nitrogen and oxygen atoms in total. The van der Waals surface area contributed by atoms with Gasteiger partial charge in [-0.15, -0.1) is 0 Å². The van der Waals surface area contributed by atoms with E-state index >= 15 is 0 Å². The smallest absolute Gasteiger partial charge is 0.348 e. The van der Waals surface area contributed by atoms with Crippen molar-refractivity contribution in [1.82, 2.24) is 4.57 Å². The average molecular weight is 549 g/mol. The normalized spacial score (nSPS) is 18.2. The van der Waals surface area contributed by atoms with Crippen LogP contribution in [0.4, 0.5) is 11.4 Å². The van der Waals surface area contributed by atoms with Gasteiger partial charge >= 0.3 is 7.52 Å². The lowest BCUT2D eigenvalue weighted by Gasteiger charge is -2.26. The molecule has 3 N–H and O–H groups in total. The van der Waals surface area contributed by atoms with Crippen molar-refractivity contribution in [3.05, 3.63) is 57.1 Å². The van der Waals surface area contributed by atoms with E-state index in [1.165, 1.54) is 24.7 Å². The molecule has 2 aromatic heterocycles. The first-order chi connectivity index (χ1) is 16.9. The monoisotopic (exact) mass is 548 g/mol. The molecule has 0 amide bonds. The second-order valence-electron chi connectivity index (χ2n) is 9.65. The Hall–Kier alpha value is -2.72. The quantitative estimate of drug-likeness (QED) is 0.366. The fourth-order valence-corrected chi connectivity index (χ4v) is 6.46. The zero-order valence-electron chi connectivity index (χ0n) is 20.7. The number of aromatic hydroxyl groups is 1. The molecule has 2 unspecified atom stereocenters. The molecule has 0 aliphatic carbocycles. The number of nitrogens with zero attached hydrogens (tertiary/aromatic N) is 2. The summed E-state index contributed by atoms with van der Waals surface area (Å²) in [7, 11) is -3.87. The number of pyridine rings is 1. The third kappa shape index (κ3) is 5.34. The lowest BCUT2D eigenvalue weighted by molar-refractivity contribution is 0.347. The Balaban J connectivity index is 1.89. The highest BCUT2D eigenvalue weighted by atomic mass is 32.2. The predicted molar refractivity (Wildman–Crippen MR) is 148 cm³/mol. The zero-order valence-corrected chi connectivity index (χ0v) is 23.2. The van der Waals surface area contributed by atoms with E-state index in [1.54, 1.807) is 29.0 Å². The van der Waals surface area contributed by atoms with E-state index in [2.05, 4.69) is 35.6 Å². The van der Waals surface area contributed by atoms with Gasteiger partial charge < -0.3 is 24.2 Å². The van der Waals surface area contributed by atoms with Gasteiger partial charge in [-0.3, -0.25) is 9.36 Å². The third-order valence-electron chi connectivity index (χ3n) is 5.72. The Morgan fingerprint density at radius 3 is 2.67 bits per heavy atom. The molecule has 36 heavy (non-hydrogen) atoms. The van der Waals surface area contributed by atoms with Crippen LogP contribution in [0.15, 0.2) is 50.8 Å². The van der Waals surface area contributed by atoms with Gasteiger partial charge in [0.15, 0.2) is 5.84 Å². The zero-order chi connectivity index (χ0) is 26.3. The highest BCUT2D eigenvalue weighted by Crippen LogP contribution is 2.52. The highest BCUT2D eigenvalue weighted by molar-refractivity contribution is 7.85. The number of amidine groups is 1. The molecule has 1 aromatic carbocycles. The van der Waals surface area contributed by atoms with Gasteiger partial charge in [0.1, 0.15) is 22.3 Å². The van der Waals surface area contributed by atoms with E-state index in [0.29, 0.717) is 23.5 Å². The molecule has 0 saturated carbocycles. The molecule has 192 valence electrons. The second kappa shape index (κ2) is 9.97. The van der Waals surface area contributed by atoms with Gasteiger partial charge in [0.2, 0.25) is 0 Å². The van der Waals surface area contributed by atoms with Crippen molar-refractivity contribution in [3.8, 4) is 16.9 Å². The number of hydrogen-bond donors (Lipinski definition) is 3. The maximum absolute atomic E-state index is 13.8. The van der Waals surface area contributed by atoms with Gasteiger partial charge in [0.25, 0.3) is 5.56 Å². The number of hydrogen-bond acceptors (Lipinski definition) is 7. The number of aryl methyl sites for hydroxylation is 1. The summed E-state index contributed by atoms with van der Waals surface area (Å²) in [4.78, 5) is 13.6. The van der Waals surface area contributed by atoms with Gasteiger partial charge in [0.05, 0.1) is 11.0 Å². The van der Waals surface area contributed by atoms with Crippen molar-refractivity contribution >= 4 is 52.4 Å². The van der Waals surface area contributed by atoms with Gasteiger partial charge in [-0.25, -0.2) is 4.21 Å².